The minimum Gasteiger partial charge on any atom is -0.465 e. The molecule has 1 rings (SSSR count). The monoisotopic (exact) mass is 188 g/mol. The second kappa shape index (κ2) is 2.18. The summed E-state index contributed by atoms with van der Waals surface area (Å²) in [6.45, 7) is 5.95. The van der Waals surface area contributed by atoms with E-state index < -0.39 is 0 Å². The zero-order chi connectivity index (χ0) is 7.02. The molecule has 0 saturated heterocycles. The van der Waals surface area contributed by atoms with Crippen molar-refractivity contribution in [1.29, 1.82) is 0 Å². The minimum absolute atomic E-state index is 0.963. The van der Waals surface area contributed by atoms with Crippen molar-refractivity contribution in [1.82, 2.24) is 0 Å². The number of furan rings is 1. The molecule has 2 heteroatoms. The van der Waals surface area contributed by atoms with Gasteiger partial charge in [0.25, 0.3) is 0 Å². The Balaban J connectivity index is 3.29. The summed E-state index contributed by atoms with van der Waals surface area (Å²) < 4.78 is 6.40. The van der Waals surface area contributed by atoms with E-state index in [4.69, 9.17) is 4.42 Å². The molecule has 0 bridgehead atoms. The van der Waals surface area contributed by atoms with E-state index in [0.29, 0.717) is 0 Å². The van der Waals surface area contributed by atoms with Gasteiger partial charge in [0, 0.05) is 5.56 Å². The summed E-state index contributed by atoms with van der Waals surface area (Å²) in [4.78, 5) is 0. The fourth-order valence-corrected chi connectivity index (χ4v) is 1.13. The largest absolute Gasteiger partial charge is 0.465 e. The number of rotatable bonds is 0. The lowest BCUT2D eigenvalue weighted by atomic mass is 10.3. The quantitative estimate of drug-likeness (QED) is 0.611. The standard InChI is InChI=1S/C7H9BrO/c1-4-5(2)9-6(3)7(4)8/h1-3H3. The lowest BCUT2D eigenvalue weighted by Crippen LogP contribution is -1.68. The first-order valence-corrected chi connectivity index (χ1v) is 3.64. The van der Waals surface area contributed by atoms with Crippen molar-refractivity contribution in [3.05, 3.63) is 21.6 Å². The predicted octanol–water partition coefficient (Wildman–Crippen LogP) is 2.97. The van der Waals surface area contributed by atoms with Gasteiger partial charge in [0.1, 0.15) is 11.5 Å². The molecule has 0 spiro atoms. The van der Waals surface area contributed by atoms with Gasteiger partial charge in [-0.05, 0) is 36.7 Å². The van der Waals surface area contributed by atoms with Gasteiger partial charge >= 0.3 is 0 Å². The van der Waals surface area contributed by atoms with E-state index >= 15 is 0 Å². The Bertz CT molecular complexity index is 203. The van der Waals surface area contributed by atoms with E-state index in [1.54, 1.807) is 0 Å². The first-order chi connectivity index (χ1) is 4.13. The molecular weight excluding hydrogens is 180 g/mol. The van der Waals surface area contributed by atoms with E-state index in [0.717, 1.165) is 16.0 Å². The van der Waals surface area contributed by atoms with Gasteiger partial charge in [-0.15, -0.1) is 0 Å². The molecule has 0 unspecified atom stereocenters. The Morgan fingerprint density at radius 3 is 1.78 bits per heavy atom. The number of aryl methyl sites for hydroxylation is 2. The van der Waals surface area contributed by atoms with Crippen LogP contribution in [0.25, 0.3) is 0 Å². The maximum Gasteiger partial charge on any atom is 0.115 e. The molecule has 0 aliphatic heterocycles. The number of halogens is 1. The lowest BCUT2D eigenvalue weighted by molar-refractivity contribution is 0.501. The summed E-state index contributed by atoms with van der Waals surface area (Å²) in [5.41, 5.74) is 1.20. The molecule has 0 aliphatic rings. The second-order valence-corrected chi connectivity index (χ2v) is 2.95. The first-order valence-electron chi connectivity index (χ1n) is 2.85. The van der Waals surface area contributed by atoms with E-state index in [9.17, 15) is 0 Å². The smallest absolute Gasteiger partial charge is 0.115 e. The van der Waals surface area contributed by atoms with E-state index in [2.05, 4.69) is 15.9 Å². The summed E-state index contributed by atoms with van der Waals surface area (Å²) in [5.74, 6) is 1.96. The van der Waals surface area contributed by atoms with E-state index in [1.165, 1.54) is 5.56 Å². The highest BCUT2D eigenvalue weighted by molar-refractivity contribution is 9.10. The molecule has 0 atom stereocenters. The van der Waals surface area contributed by atoms with Crippen LogP contribution in [0.5, 0.6) is 0 Å². The van der Waals surface area contributed by atoms with Gasteiger partial charge in [-0.1, -0.05) is 0 Å². The molecule has 1 nitrogen and oxygen atoms in total. The highest BCUT2D eigenvalue weighted by Gasteiger charge is 2.05. The normalized spacial score (nSPS) is 10.2. The Hall–Kier alpha value is -0.240. The molecule has 1 heterocycles. The Labute approximate surface area is 63.2 Å². The Kier molecular flexibility index (Phi) is 1.66. The van der Waals surface area contributed by atoms with Crippen LogP contribution in [0.4, 0.5) is 0 Å². The Morgan fingerprint density at radius 1 is 1.11 bits per heavy atom. The zero-order valence-corrected chi connectivity index (χ0v) is 7.37. The van der Waals surface area contributed by atoms with Crippen LogP contribution >= 0.6 is 15.9 Å². The molecule has 0 radical (unpaired) electrons. The summed E-state index contributed by atoms with van der Waals surface area (Å²) in [6.07, 6.45) is 0. The number of hydrogen-bond donors (Lipinski definition) is 0. The molecule has 1 aromatic rings. The van der Waals surface area contributed by atoms with Crippen molar-refractivity contribution >= 4 is 15.9 Å². The van der Waals surface area contributed by atoms with Gasteiger partial charge in [0.05, 0.1) is 4.47 Å². The predicted molar refractivity (Wildman–Crippen MR) is 40.6 cm³/mol. The minimum atomic E-state index is 0.963. The molecule has 0 aliphatic carbocycles. The average Bonchev–Trinajstić information content (AvgIpc) is 1.98. The van der Waals surface area contributed by atoms with Crippen molar-refractivity contribution in [3.63, 3.8) is 0 Å². The fraction of sp³-hybridized carbons (Fsp3) is 0.429. The van der Waals surface area contributed by atoms with Gasteiger partial charge in [0.15, 0.2) is 0 Å². The molecule has 0 fully saturated rings. The van der Waals surface area contributed by atoms with Crippen LogP contribution in [-0.4, -0.2) is 0 Å². The molecule has 9 heavy (non-hydrogen) atoms. The summed E-state index contributed by atoms with van der Waals surface area (Å²) in [7, 11) is 0. The molecule has 1 aromatic heterocycles. The zero-order valence-electron chi connectivity index (χ0n) is 5.79. The summed E-state index contributed by atoms with van der Waals surface area (Å²) in [6, 6.07) is 0. The van der Waals surface area contributed by atoms with Crippen LogP contribution < -0.4 is 0 Å². The van der Waals surface area contributed by atoms with E-state index in [1.807, 2.05) is 20.8 Å². The van der Waals surface area contributed by atoms with Crippen molar-refractivity contribution in [3.8, 4) is 0 Å². The van der Waals surface area contributed by atoms with Crippen LogP contribution in [-0.2, 0) is 0 Å². The maximum absolute atomic E-state index is 5.30. The molecule has 0 N–H and O–H groups in total. The average molecular weight is 189 g/mol. The molecular formula is C7H9BrO. The van der Waals surface area contributed by atoms with Gasteiger partial charge in [-0.3, -0.25) is 0 Å². The van der Waals surface area contributed by atoms with Gasteiger partial charge in [-0.25, -0.2) is 0 Å². The molecule has 0 aromatic carbocycles. The summed E-state index contributed by atoms with van der Waals surface area (Å²) in [5, 5.41) is 0. The first kappa shape index (κ1) is 6.87. The van der Waals surface area contributed by atoms with Crippen molar-refractivity contribution < 1.29 is 4.42 Å². The van der Waals surface area contributed by atoms with Gasteiger partial charge < -0.3 is 4.42 Å². The maximum atomic E-state index is 5.30. The van der Waals surface area contributed by atoms with Gasteiger partial charge in [-0.2, -0.15) is 0 Å². The lowest BCUT2D eigenvalue weighted by Gasteiger charge is -1.83. The third kappa shape index (κ3) is 1.04. The van der Waals surface area contributed by atoms with Crippen LogP contribution in [0.2, 0.25) is 0 Å². The van der Waals surface area contributed by atoms with Gasteiger partial charge in [0.2, 0.25) is 0 Å². The van der Waals surface area contributed by atoms with Crippen molar-refractivity contribution in [2.45, 2.75) is 20.8 Å². The molecule has 0 amide bonds. The van der Waals surface area contributed by atoms with E-state index in [-0.39, 0.29) is 0 Å². The third-order valence-corrected chi connectivity index (χ3v) is 2.63. The molecule has 0 saturated carbocycles. The highest BCUT2D eigenvalue weighted by Crippen LogP contribution is 2.25. The van der Waals surface area contributed by atoms with Crippen molar-refractivity contribution in [2.24, 2.45) is 0 Å². The fourth-order valence-electron chi connectivity index (χ4n) is 0.770. The highest BCUT2D eigenvalue weighted by atomic mass is 79.9. The topological polar surface area (TPSA) is 13.1 Å². The SMILES string of the molecule is Cc1oc(C)c(Br)c1C. The second-order valence-electron chi connectivity index (χ2n) is 2.15. The van der Waals surface area contributed by atoms with Crippen LogP contribution in [0, 0.1) is 20.8 Å². The van der Waals surface area contributed by atoms with Crippen molar-refractivity contribution in [2.75, 3.05) is 0 Å². The summed E-state index contributed by atoms with van der Waals surface area (Å²) >= 11 is 3.41. The van der Waals surface area contributed by atoms with Crippen LogP contribution in [0.15, 0.2) is 8.89 Å². The third-order valence-electron chi connectivity index (χ3n) is 1.47. The molecule has 50 valence electrons. The Morgan fingerprint density at radius 2 is 1.67 bits per heavy atom. The van der Waals surface area contributed by atoms with Crippen LogP contribution in [0.3, 0.4) is 0 Å². The number of hydrogen-bond acceptors (Lipinski definition) is 1. The van der Waals surface area contributed by atoms with Crippen LogP contribution in [0.1, 0.15) is 17.1 Å².